The standard InChI is InChI=1S/C10H10B2O4/c13-11-16-10-4-2-7-5-9(12(14)15)3-1-8(7)6-10/h1-6,11,13-15H. The average molecular weight is 216 g/mol. The Morgan fingerprint density at radius 3 is 2.38 bits per heavy atom. The molecule has 3 N–H and O–H groups in total. The highest BCUT2D eigenvalue weighted by atomic mass is 16.5. The molecule has 0 heterocycles. The Labute approximate surface area is 93.6 Å². The molecule has 6 heteroatoms. The molecule has 0 aliphatic heterocycles. The summed E-state index contributed by atoms with van der Waals surface area (Å²) in [6, 6.07) is 10.4. The fourth-order valence-corrected chi connectivity index (χ4v) is 1.57. The number of benzene rings is 2. The van der Waals surface area contributed by atoms with Gasteiger partial charge in [-0.15, -0.1) is 0 Å². The van der Waals surface area contributed by atoms with Crippen LogP contribution in [-0.2, 0) is 0 Å². The van der Waals surface area contributed by atoms with E-state index >= 15 is 0 Å². The molecule has 0 unspecified atom stereocenters. The predicted octanol–water partition coefficient (Wildman–Crippen LogP) is -0.843. The fraction of sp³-hybridized carbons (Fsp3) is 0. The molecule has 16 heavy (non-hydrogen) atoms. The molecule has 4 nitrogen and oxygen atoms in total. The van der Waals surface area contributed by atoms with Crippen molar-refractivity contribution in [2.45, 2.75) is 0 Å². The molecule has 2 rings (SSSR count). The van der Waals surface area contributed by atoms with Gasteiger partial charge in [0.05, 0.1) is 0 Å². The lowest BCUT2D eigenvalue weighted by atomic mass is 9.79. The first kappa shape index (κ1) is 11.0. The Hall–Kier alpha value is -1.49. The summed E-state index contributed by atoms with van der Waals surface area (Å²) in [5, 5.41) is 28.5. The van der Waals surface area contributed by atoms with Crippen molar-refractivity contribution in [2.24, 2.45) is 0 Å². The second-order valence-electron chi connectivity index (χ2n) is 3.42. The Balaban J connectivity index is 2.44. The van der Waals surface area contributed by atoms with Crippen LogP contribution in [0.2, 0.25) is 0 Å². The van der Waals surface area contributed by atoms with Crippen molar-refractivity contribution in [3.05, 3.63) is 36.4 Å². The maximum absolute atomic E-state index is 9.02. The number of fused-ring (bicyclic) bond motifs is 1. The lowest BCUT2D eigenvalue weighted by molar-refractivity contribution is 0.426. The summed E-state index contributed by atoms with van der Waals surface area (Å²) in [5.41, 5.74) is 0.448. The van der Waals surface area contributed by atoms with Gasteiger partial charge in [-0.1, -0.05) is 24.3 Å². The highest BCUT2D eigenvalue weighted by Gasteiger charge is 2.10. The Bertz CT molecular complexity index is 501. The molecule has 0 aromatic heterocycles. The van der Waals surface area contributed by atoms with Crippen LogP contribution >= 0.6 is 0 Å². The van der Waals surface area contributed by atoms with E-state index < -0.39 is 7.12 Å². The van der Waals surface area contributed by atoms with Gasteiger partial charge in [0.25, 0.3) is 0 Å². The van der Waals surface area contributed by atoms with Crippen LogP contribution in [0.5, 0.6) is 5.75 Å². The third-order valence-electron chi connectivity index (χ3n) is 2.37. The summed E-state index contributed by atoms with van der Waals surface area (Å²) in [5.74, 6) is 0.576. The van der Waals surface area contributed by atoms with E-state index in [4.69, 9.17) is 19.7 Å². The minimum atomic E-state index is -1.46. The van der Waals surface area contributed by atoms with E-state index in [1.807, 2.05) is 0 Å². The largest absolute Gasteiger partial charge is 0.539 e. The summed E-state index contributed by atoms with van der Waals surface area (Å²) >= 11 is 0. The summed E-state index contributed by atoms with van der Waals surface area (Å²) < 4.78 is 4.95. The van der Waals surface area contributed by atoms with Crippen molar-refractivity contribution < 1.29 is 19.7 Å². The molecule has 2 aromatic rings. The molecule has 0 aliphatic carbocycles. The second kappa shape index (κ2) is 4.57. The predicted molar refractivity (Wildman–Crippen MR) is 63.8 cm³/mol. The molecule has 80 valence electrons. The third kappa shape index (κ3) is 2.19. The zero-order chi connectivity index (χ0) is 11.5. The molecule has 0 bridgehead atoms. The Morgan fingerprint density at radius 1 is 1.00 bits per heavy atom. The minimum absolute atomic E-state index is 0.362. The first-order valence-corrected chi connectivity index (χ1v) is 4.84. The maximum Gasteiger partial charge on any atom is 0.504 e. The first-order chi connectivity index (χ1) is 7.70. The summed E-state index contributed by atoms with van der Waals surface area (Å²) in [4.78, 5) is 0. The summed E-state index contributed by atoms with van der Waals surface area (Å²) in [6.07, 6.45) is 0. The first-order valence-electron chi connectivity index (χ1n) is 4.84. The zero-order valence-corrected chi connectivity index (χ0v) is 8.50. The molecule has 2 aromatic carbocycles. The van der Waals surface area contributed by atoms with Gasteiger partial charge >= 0.3 is 14.8 Å². The van der Waals surface area contributed by atoms with E-state index in [2.05, 4.69) is 0 Å². The molecule has 0 aliphatic rings. The van der Waals surface area contributed by atoms with Crippen molar-refractivity contribution in [3.8, 4) is 5.75 Å². The summed E-state index contributed by atoms with van der Waals surface area (Å²) in [7, 11) is -1.82. The topological polar surface area (TPSA) is 69.9 Å². The van der Waals surface area contributed by atoms with Gasteiger partial charge in [-0.3, -0.25) is 0 Å². The van der Waals surface area contributed by atoms with E-state index in [-0.39, 0.29) is 7.69 Å². The normalized spacial score (nSPS) is 10.2. The van der Waals surface area contributed by atoms with Crippen LogP contribution in [0.1, 0.15) is 0 Å². The Morgan fingerprint density at radius 2 is 1.69 bits per heavy atom. The van der Waals surface area contributed by atoms with Gasteiger partial charge in [0.1, 0.15) is 5.75 Å². The molecule has 0 spiro atoms. The smallest absolute Gasteiger partial charge is 0.504 e. The molecule has 0 amide bonds. The van der Waals surface area contributed by atoms with Gasteiger partial charge in [-0.05, 0) is 28.4 Å². The van der Waals surface area contributed by atoms with E-state index in [9.17, 15) is 0 Å². The average Bonchev–Trinajstić information content (AvgIpc) is 2.28. The second-order valence-corrected chi connectivity index (χ2v) is 3.42. The quantitative estimate of drug-likeness (QED) is 0.584. The van der Waals surface area contributed by atoms with Crippen LogP contribution in [0.15, 0.2) is 36.4 Å². The maximum atomic E-state index is 9.02. The fourth-order valence-electron chi connectivity index (χ4n) is 1.57. The van der Waals surface area contributed by atoms with Gasteiger partial charge in [0.2, 0.25) is 0 Å². The van der Waals surface area contributed by atoms with E-state index in [1.165, 1.54) is 0 Å². The van der Waals surface area contributed by atoms with Gasteiger partial charge in [-0.2, -0.15) is 0 Å². The van der Waals surface area contributed by atoms with Crippen LogP contribution in [-0.4, -0.2) is 29.9 Å². The van der Waals surface area contributed by atoms with Crippen molar-refractivity contribution in [1.29, 1.82) is 0 Å². The molecule has 0 saturated heterocycles. The lowest BCUT2D eigenvalue weighted by Gasteiger charge is -2.05. The number of hydrogen-bond acceptors (Lipinski definition) is 4. The van der Waals surface area contributed by atoms with Gasteiger partial charge in [-0.25, -0.2) is 0 Å². The van der Waals surface area contributed by atoms with Crippen LogP contribution in [0, 0.1) is 0 Å². The van der Waals surface area contributed by atoms with Crippen molar-refractivity contribution in [3.63, 3.8) is 0 Å². The minimum Gasteiger partial charge on any atom is -0.539 e. The molecular weight excluding hydrogens is 206 g/mol. The molecule has 0 radical (unpaired) electrons. The molecule has 0 saturated carbocycles. The van der Waals surface area contributed by atoms with Gasteiger partial charge in [0, 0.05) is 0 Å². The SMILES string of the molecule is OBOc1ccc2cc(B(O)O)ccc2c1. The number of rotatable bonds is 3. The highest BCUT2D eigenvalue weighted by Crippen LogP contribution is 2.19. The third-order valence-corrected chi connectivity index (χ3v) is 2.37. The Kier molecular flexibility index (Phi) is 3.14. The van der Waals surface area contributed by atoms with Crippen LogP contribution in [0.3, 0.4) is 0 Å². The summed E-state index contributed by atoms with van der Waals surface area (Å²) in [6.45, 7) is 0. The van der Waals surface area contributed by atoms with Gasteiger partial charge in [0.15, 0.2) is 0 Å². The van der Waals surface area contributed by atoms with E-state index in [0.717, 1.165) is 10.8 Å². The number of hydrogen-bond donors (Lipinski definition) is 3. The van der Waals surface area contributed by atoms with Crippen molar-refractivity contribution in [1.82, 2.24) is 0 Å². The van der Waals surface area contributed by atoms with Crippen LogP contribution < -0.4 is 10.1 Å². The van der Waals surface area contributed by atoms with Crippen molar-refractivity contribution in [2.75, 3.05) is 0 Å². The molecule has 0 fully saturated rings. The van der Waals surface area contributed by atoms with Crippen LogP contribution in [0.25, 0.3) is 10.8 Å². The van der Waals surface area contributed by atoms with Gasteiger partial charge < -0.3 is 19.7 Å². The van der Waals surface area contributed by atoms with Crippen molar-refractivity contribution >= 4 is 31.0 Å². The monoisotopic (exact) mass is 216 g/mol. The molecule has 0 atom stereocenters. The van der Waals surface area contributed by atoms with E-state index in [1.54, 1.807) is 36.4 Å². The zero-order valence-electron chi connectivity index (χ0n) is 8.50. The molecular formula is C10H10B2O4. The van der Waals surface area contributed by atoms with Crippen LogP contribution in [0.4, 0.5) is 0 Å². The lowest BCUT2D eigenvalue weighted by Crippen LogP contribution is -2.29. The van der Waals surface area contributed by atoms with E-state index in [0.29, 0.717) is 11.2 Å². The highest BCUT2D eigenvalue weighted by molar-refractivity contribution is 6.58.